The van der Waals surface area contributed by atoms with Gasteiger partial charge in [0.15, 0.2) is 5.65 Å². The number of hydrogen-bond acceptors (Lipinski definition) is 5. The molecule has 1 aliphatic heterocycles. The predicted molar refractivity (Wildman–Crippen MR) is 92.6 cm³/mol. The summed E-state index contributed by atoms with van der Waals surface area (Å²) < 4.78 is 7.53. The highest BCUT2D eigenvalue weighted by Crippen LogP contribution is 2.30. The Hall–Kier alpha value is -1.66. The normalized spacial score (nSPS) is 19.0. The predicted octanol–water partition coefficient (Wildman–Crippen LogP) is 2.45. The highest BCUT2D eigenvalue weighted by Gasteiger charge is 2.20. The zero-order valence-corrected chi connectivity index (χ0v) is 14.1. The van der Waals surface area contributed by atoms with E-state index in [9.17, 15) is 0 Å². The highest BCUT2D eigenvalue weighted by atomic mass is 16.5. The number of aromatic nitrogens is 3. The summed E-state index contributed by atoms with van der Waals surface area (Å²) in [5, 5.41) is 9.31. The fourth-order valence-electron chi connectivity index (χ4n) is 3.34. The first kappa shape index (κ1) is 16.2. The van der Waals surface area contributed by atoms with Crippen molar-refractivity contribution in [3.8, 4) is 0 Å². The molecule has 0 aromatic carbocycles. The topological polar surface area (TPSA) is 78.0 Å². The standard InChI is InChI=1S/C17H27N5O/c1-3-15-13(10-18)16(20-12-6-5-8-23-9-7-12)14-11-19-22(4-2)17(14)21-15/h11-12H,3-10,18H2,1-2H3,(H,20,21). The van der Waals surface area contributed by atoms with Gasteiger partial charge in [-0.15, -0.1) is 0 Å². The molecule has 23 heavy (non-hydrogen) atoms. The quantitative estimate of drug-likeness (QED) is 0.885. The molecule has 1 fully saturated rings. The number of anilines is 1. The minimum absolute atomic E-state index is 0.420. The number of nitrogens with two attached hydrogens (primary N) is 1. The van der Waals surface area contributed by atoms with Crippen molar-refractivity contribution in [1.29, 1.82) is 0 Å². The Morgan fingerprint density at radius 2 is 2.22 bits per heavy atom. The van der Waals surface area contributed by atoms with Crippen LogP contribution in [0.4, 0.5) is 5.69 Å². The summed E-state index contributed by atoms with van der Waals surface area (Å²) in [6.45, 7) is 7.21. The monoisotopic (exact) mass is 317 g/mol. The molecule has 2 aromatic heterocycles. The lowest BCUT2D eigenvalue weighted by molar-refractivity contribution is 0.144. The van der Waals surface area contributed by atoms with Crippen molar-refractivity contribution in [2.24, 2.45) is 5.73 Å². The van der Waals surface area contributed by atoms with Crippen molar-refractivity contribution in [2.45, 2.75) is 58.7 Å². The van der Waals surface area contributed by atoms with Crippen LogP contribution in [-0.2, 0) is 24.2 Å². The first-order valence-electron chi connectivity index (χ1n) is 8.70. The highest BCUT2D eigenvalue weighted by molar-refractivity contribution is 5.91. The molecule has 0 spiro atoms. The molecule has 3 heterocycles. The molecule has 1 saturated heterocycles. The Morgan fingerprint density at radius 3 is 2.96 bits per heavy atom. The molecule has 0 amide bonds. The Morgan fingerprint density at radius 1 is 1.35 bits per heavy atom. The van der Waals surface area contributed by atoms with E-state index in [2.05, 4.69) is 24.3 Å². The first-order valence-corrected chi connectivity index (χ1v) is 8.70. The van der Waals surface area contributed by atoms with Crippen LogP contribution in [-0.4, -0.2) is 34.0 Å². The number of pyridine rings is 1. The fourth-order valence-corrected chi connectivity index (χ4v) is 3.34. The summed E-state index contributed by atoms with van der Waals surface area (Å²) >= 11 is 0. The number of fused-ring (bicyclic) bond motifs is 1. The van der Waals surface area contributed by atoms with Crippen molar-refractivity contribution in [1.82, 2.24) is 14.8 Å². The summed E-state index contributed by atoms with van der Waals surface area (Å²) in [5.74, 6) is 0. The Bertz CT molecular complexity index is 659. The van der Waals surface area contributed by atoms with Gasteiger partial charge in [0.05, 0.1) is 17.3 Å². The van der Waals surface area contributed by atoms with Crippen LogP contribution in [0.1, 0.15) is 44.4 Å². The average Bonchev–Trinajstić information content (AvgIpc) is 2.81. The van der Waals surface area contributed by atoms with Crippen LogP contribution in [0.25, 0.3) is 11.0 Å². The second-order valence-corrected chi connectivity index (χ2v) is 6.05. The number of ether oxygens (including phenoxy) is 1. The van der Waals surface area contributed by atoms with Crippen molar-refractivity contribution in [2.75, 3.05) is 18.5 Å². The third-order valence-electron chi connectivity index (χ3n) is 4.61. The number of hydrogen-bond donors (Lipinski definition) is 2. The van der Waals surface area contributed by atoms with Gasteiger partial charge in [0.1, 0.15) is 0 Å². The maximum absolute atomic E-state index is 6.06. The molecule has 0 radical (unpaired) electrons. The average molecular weight is 317 g/mol. The maximum atomic E-state index is 6.06. The molecule has 6 nitrogen and oxygen atoms in total. The van der Waals surface area contributed by atoms with Gasteiger partial charge in [-0.05, 0) is 32.6 Å². The molecule has 1 aliphatic rings. The van der Waals surface area contributed by atoms with E-state index in [0.717, 1.165) is 73.4 Å². The Kier molecular flexibility index (Phi) is 5.13. The van der Waals surface area contributed by atoms with E-state index >= 15 is 0 Å². The minimum Gasteiger partial charge on any atom is -0.381 e. The maximum Gasteiger partial charge on any atom is 0.160 e. The summed E-state index contributed by atoms with van der Waals surface area (Å²) in [6, 6.07) is 0.420. The number of rotatable bonds is 5. The smallest absolute Gasteiger partial charge is 0.160 e. The molecule has 2 aromatic rings. The third kappa shape index (κ3) is 3.19. The van der Waals surface area contributed by atoms with E-state index in [4.69, 9.17) is 15.5 Å². The molecule has 0 aliphatic carbocycles. The van der Waals surface area contributed by atoms with Gasteiger partial charge in [-0.1, -0.05) is 6.92 Å². The molecule has 1 atom stereocenters. The lowest BCUT2D eigenvalue weighted by Crippen LogP contribution is -2.22. The lowest BCUT2D eigenvalue weighted by Gasteiger charge is -2.21. The molecule has 6 heteroatoms. The molecule has 3 N–H and O–H groups in total. The van der Waals surface area contributed by atoms with Crippen LogP contribution >= 0.6 is 0 Å². The lowest BCUT2D eigenvalue weighted by atomic mass is 10.0. The molecular weight excluding hydrogens is 290 g/mol. The molecule has 0 bridgehead atoms. The number of nitrogens with one attached hydrogen (secondary N) is 1. The van der Waals surface area contributed by atoms with Gasteiger partial charge in [0.2, 0.25) is 0 Å². The second kappa shape index (κ2) is 7.27. The van der Waals surface area contributed by atoms with Crippen LogP contribution in [0, 0.1) is 0 Å². The van der Waals surface area contributed by atoms with E-state index < -0.39 is 0 Å². The molecule has 3 rings (SSSR count). The van der Waals surface area contributed by atoms with E-state index in [-0.39, 0.29) is 0 Å². The number of aryl methyl sites for hydroxylation is 2. The minimum atomic E-state index is 0.420. The van der Waals surface area contributed by atoms with E-state index in [0.29, 0.717) is 12.6 Å². The Balaban J connectivity index is 2.06. The van der Waals surface area contributed by atoms with Crippen molar-refractivity contribution >= 4 is 16.7 Å². The molecule has 0 saturated carbocycles. The van der Waals surface area contributed by atoms with Gasteiger partial charge in [0, 0.05) is 43.6 Å². The Labute approximate surface area is 137 Å². The zero-order chi connectivity index (χ0) is 16.2. The number of nitrogens with zero attached hydrogens (tertiary/aromatic N) is 3. The van der Waals surface area contributed by atoms with Gasteiger partial charge in [-0.25, -0.2) is 9.67 Å². The fraction of sp³-hybridized carbons (Fsp3) is 0.647. The van der Waals surface area contributed by atoms with Crippen molar-refractivity contribution in [3.05, 3.63) is 17.5 Å². The van der Waals surface area contributed by atoms with Gasteiger partial charge in [0.25, 0.3) is 0 Å². The third-order valence-corrected chi connectivity index (χ3v) is 4.61. The largest absolute Gasteiger partial charge is 0.381 e. The SMILES string of the molecule is CCc1nc2c(cnn2CC)c(NC2CCCOCC2)c1CN. The van der Waals surface area contributed by atoms with Gasteiger partial charge in [-0.2, -0.15) is 5.10 Å². The zero-order valence-electron chi connectivity index (χ0n) is 14.1. The first-order chi connectivity index (χ1) is 11.3. The van der Waals surface area contributed by atoms with E-state index in [1.807, 2.05) is 10.9 Å². The summed E-state index contributed by atoms with van der Waals surface area (Å²) in [4.78, 5) is 4.82. The van der Waals surface area contributed by atoms with Crippen molar-refractivity contribution < 1.29 is 4.74 Å². The second-order valence-electron chi connectivity index (χ2n) is 6.05. The van der Waals surface area contributed by atoms with Gasteiger partial charge >= 0.3 is 0 Å². The summed E-state index contributed by atoms with van der Waals surface area (Å²) in [6.07, 6.45) is 6.03. The summed E-state index contributed by atoms with van der Waals surface area (Å²) in [7, 11) is 0. The van der Waals surface area contributed by atoms with Crippen LogP contribution in [0.3, 0.4) is 0 Å². The molecule has 1 unspecified atom stereocenters. The van der Waals surface area contributed by atoms with Crippen LogP contribution in [0.5, 0.6) is 0 Å². The van der Waals surface area contributed by atoms with Crippen molar-refractivity contribution in [3.63, 3.8) is 0 Å². The van der Waals surface area contributed by atoms with E-state index in [1.165, 1.54) is 0 Å². The van der Waals surface area contributed by atoms with Gasteiger partial charge < -0.3 is 15.8 Å². The molecular formula is C17H27N5O. The van der Waals surface area contributed by atoms with E-state index in [1.54, 1.807) is 0 Å². The van der Waals surface area contributed by atoms with Crippen LogP contribution < -0.4 is 11.1 Å². The molecule has 126 valence electrons. The summed E-state index contributed by atoms with van der Waals surface area (Å²) in [5.41, 5.74) is 10.3. The van der Waals surface area contributed by atoms with Crippen LogP contribution in [0.15, 0.2) is 6.20 Å². The van der Waals surface area contributed by atoms with Gasteiger partial charge in [-0.3, -0.25) is 0 Å². The van der Waals surface area contributed by atoms with Crippen LogP contribution in [0.2, 0.25) is 0 Å².